The highest BCUT2D eigenvalue weighted by Crippen LogP contribution is 2.23. The van der Waals surface area contributed by atoms with Gasteiger partial charge in [-0.1, -0.05) is 19.8 Å². The highest BCUT2D eigenvalue weighted by Gasteiger charge is 2.07. The Morgan fingerprint density at radius 3 is 2.58 bits per heavy atom. The Labute approximate surface area is 118 Å². The predicted molar refractivity (Wildman–Crippen MR) is 76.8 cm³/mol. The van der Waals surface area contributed by atoms with Crippen LogP contribution in [0.1, 0.15) is 27.2 Å². The molecule has 0 bridgehead atoms. The van der Waals surface area contributed by atoms with Crippen molar-refractivity contribution >= 4 is 18.0 Å². The molecule has 0 fully saturated rings. The lowest BCUT2D eigenvalue weighted by molar-refractivity contribution is -0.133. The van der Waals surface area contributed by atoms with Crippen LogP contribution in [0.5, 0.6) is 5.75 Å². The monoisotopic (exact) mass is 278 g/mol. The highest BCUT2D eigenvalue weighted by molar-refractivity contribution is 7.95. The van der Waals surface area contributed by atoms with Gasteiger partial charge in [0.15, 0.2) is 0 Å². The quantitative estimate of drug-likeness (QED) is 0.587. The van der Waals surface area contributed by atoms with E-state index >= 15 is 0 Å². The van der Waals surface area contributed by atoms with Crippen molar-refractivity contribution in [1.29, 1.82) is 0 Å². The topological polar surface area (TPSA) is 35.5 Å². The van der Waals surface area contributed by atoms with E-state index in [-0.39, 0.29) is 5.97 Å². The van der Waals surface area contributed by atoms with Gasteiger partial charge in [0.1, 0.15) is 12.4 Å². The van der Waals surface area contributed by atoms with Gasteiger partial charge in [-0.15, -0.1) is 5.92 Å². The number of rotatable bonds is 6. The molecule has 0 amide bonds. The van der Waals surface area contributed by atoms with Crippen LogP contribution in [0, 0.1) is 17.8 Å². The molecule has 0 saturated carbocycles. The van der Waals surface area contributed by atoms with Gasteiger partial charge in [-0.25, -0.2) is 0 Å². The Hall–Kier alpha value is -1.60. The minimum Gasteiger partial charge on any atom is -0.481 e. The molecule has 0 unspecified atom stereocenters. The van der Waals surface area contributed by atoms with Crippen LogP contribution in [0.4, 0.5) is 0 Å². The van der Waals surface area contributed by atoms with Gasteiger partial charge in [0.25, 0.3) is 0 Å². The fraction of sp³-hybridized carbons (Fsp3) is 0.400. The molecule has 102 valence electrons. The van der Waals surface area contributed by atoms with Crippen LogP contribution in [0.25, 0.3) is 0 Å². The van der Waals surface area contributed by atoms with E-state index in [1.54, 1.807) is 6.92 Å². The number of hydrogen-bond acceptors (Lipinski definition) is 4. The van der Waals surface area contributed by atoms with Crippen molar-refractivity contribution in [1.82, 2.24) is 0 Å². The second kappa shape index (κ2) is 8.49. The second-order valence-electron chi connectivity index (χ2n) is 4.32. The van der Waals surface area contributed by atoms with Gasteiger partial charge < -0.3 is 8.92 Å². The van der Waals surface area contributed by atoms with Crippen LogP contribution in [0.2, 0.25) is 0 Å². The van der Waals surface area contributed by atoms with Crippen LogP contribution < -0.4 is 4.74 Å². The maximum absolute atomic E-state index is 11.4. The first-order chi connectivity index (χ1) is 9.11. The number of ether oxygens (including phenoxy) is 1. The molecule has 0 aliphatic carbocycles. The Morgan fingerprint density at radius 2 is 2.00 bits per heavy atom. The third-order valence-corrected chi connectivity index (χ3v) is 2.85. The number of carbonyl (C=O) groups excluding carboxylic acids is 1. The largest absolute Gasteiger partial charge is 0.481 e. The molecule has 4 heteroatoms. The van der Waals surface area contributed by atoms with Crippen LogP contribution in [0.15, 0.2) is 29.2 Å². The molecule has 0 heterocycles. The zero-order valence-corrected chi connectivity index (χ0v) is 12.3. The average molecular weight is 278 g/mol. The molecule has 1 aromatic carbocycles. The van der Waals surface area contributed by atoms with E-state index in [2.05, 4.69) is 11.8 Å². The molecule has 1 aromatic rings. The summed E-state index contributed by atoms with van der Waals surface area (Å²) in [6.07, 6.45) is 0.434. The van der Waals surface area contributed by atoms with Crippen molar-refractivity contribution in [3.8, 4) is 17.6 Å². The van der Waals surface area contributed by atoms with Crippen LogP contribution in [-0.2, 0) is 8.98 Å². The maximum Gasteiger partial charge on any atom is 0.318 e. The van der Waals surface area contributed by atoms with Gasteiger partial charge >= 0.3 is 5.97 Å². The molecule has 0 N–H and O–H groups in total. The first-order valence-electron chi connectivity index (χ1n) is 6.11. The van der Waals surface area contributed by atoms with Crippen LogP contribution in [-0.4, -0.2) is 12.6 Å². The van der Waals surface area contributed by atoms with Gasteiger partial charge in [-0.05, 0) is 37.1 Å². The molecular formula is C15H18O3S. The number of carbonyl (C=O) groups is 1. The van der Waals surface area contributed by atoms with Gasteiger partial charge in [0.05, 0.1) is 12.0 Å². The predicted octanol–water partition coefficient (Wildman–Crippen LogP) is 3.69. The summed E-state index contributed by atoms with van der Waals surface area (Å²) in [5.41, 5.74) is 0. The summed E-state index contributed by atoms with van der Waals surface area (Å²) in [5.74, 6) is 6.45. The molecule has 0 aliphatic rings. The van der Waals surface area contributed by atoms with Gasteiger partial charge in [-0.3, -0.25) is 4.79 Å². The van der Waals surface area contributed by atoms with E-state index < -0.39 is 0 Å². The molecule has 0 spiro atoms. The minimum absolute atomic E-state index is 0.196. The fourth-order valence-corrected chi connectivity index (χ4v) is 1.75. The lowest BCUT2D eigenvalue weighted by Gasteiger charge is -2.06. The second-order valence-corrected chi connectivity index (χ2v) is 5.13. The van der Waals surface area contributed by atoms with Crippen molar-refractivity contribution in [2.75, 3.05) is 6.61 Å². The van der Waals surface area contributed by atoms with E-state index in [1.165, 1.54) is 0 Å². The zero-order valence-electron chi connectivity index (χ0n) is 11.4. The standard InChI is InChI=1S/C15H18O3S/c1-4-5-10-17-13-6-8-14(9-7-13)19-18-15(16)11-12(2)3/h6-9,12H,10-11H2,1-3H3. The summed E-state index contributed by atoms with van der Waals surface area (Å²) in [4.78, 5) is 12.3. The van der Waals surface area contributed by atoms with Gasteiger partial charge in [0, 0.05) is 11.3 Å². The average Bonchev–Trinajstić information content (AvgIpc) is 2.37. The van der Waals surface area contributed by atoms with Crippen LogP contribution >= 0.6 is 12.0 Å². The normalized spacial score (nSPS) is 9.68. The molecule has 0 atom stereocenters. The summed E-state index contributed by atoms with van der Waals surface area (Å²) < 4.78 is 10.5. The van der Waals surface area contributed by atoms with Crippen molar-refractivity contribution < 1.29 is 13.7 Å². The smallest absolute Gasteiger partial charge is 0.318 e. The van der Waals surface area contributed by atoms with Gasteiger partial charge in [0.2, 0.25) is 0 Å². The number of hydrogen-bond donors (Lipinski definition) is 0. The molecule has 0 aromatic heterocycles. The SMILES string of the molecule is CC#CCOc1ccc(SOC(=O)CC(C)C)cc1. The Bertz CT molecular complexity index is 455. The highest BCUT2D eigenvalue weighted by atomic mass is 32.2. The fourth-order valence-electron chi connectivity index (χ4n) is 1.24. The molecule has 0 saturated heterocycles. The minimum atomic E-state index is -0.196. The first-order valence-corrected chi connectivity index (χ1v) is 6.85. The van der Waals surface area contributed by atoms with E-state index in [9.17, 15) is 4.79 Å². The lowest BCUT2D eigenvalue weighted by Crippen LogP contribution is -2.03. The van der Waals surface area contributed by atoms with Gasteiger partial charge in [-0.2, -0.15) is 0 Å². The van der Waals surface area contributed by atoms with E-state index in [0.29, 0.717) is 18.9 Å². The summed E-state index contributed by atoms with van der Waals surface area (Å²) in [7, 11) is 0. The Kier molecular flexibility index (Phi) is 6.91. The van der Waals surface area contributed by atoms with E-state index in [4.69, 9.17) is 8.92 Å². The molecule has 0 aliphatic heterocycles. The summed E-state index contributed by atoms with van der Waals surface area (Å²) in [6.45, 7) is 6.12. The molecule has 0 radical (unpaired) electrons. The number of benzene rings is 1. The summed E-state index contributed by atoms with van der Waals surface area (Å²) >= 11 is 1.07. The van der Waals surface area contributed by atoms with Crippen molar-refractivity contribution in [3.05, 3.63) is 24.3 Å². The molecule has 3 nitrogen and oxygen atoms in total. The lowest BCUT2D eigenvalue weighted by atomic mass is 10.1. The third-order valence-electron chi connectivity index (χ3n) is 2.12. The summed E-state index contributed by atoms with van der Waals surface area (Å²) in [5, 5.41) is 0. The molecule has 1 rings (SSSR count). The van der Waals surface area contributed by atoms with Crippen molar-refractivity contribution in [2.24, 2.45) is 5.92 Å². The van der Waals surface area contributed by atoms with Crippen LogP contribution in [0.3, 0.4) is 0 Å². The first kappa shape index (κ1) is 15.5. The Morgan fingerprint density at radius 1 is 1.32 bits per heavy atom. The van der Waals surface area contributed by atoms with E-state index in [0.717, 1.165) is 22.7 Å². The summed E-state index contributed by atoms with van der Waals surface area (Å²) in [6, 6.07) is 7.36. The van der Waals surface area contributed by atoms with Crippen molar-refractivity contribution in [3.63, 3.8) is 0 Å². The third kappa shape index (κ3) is 6.78. The molecular weight excluding hydrogens is 260 g/mol. The van der Waals surface area contributed by atoms with E-state index in [1.807, 2.05) is 38.1 Å². The Balaban J connectivity index is 2.39. The maximum atomic E-state index is 11.4. The zero-order chi connectivity index (χ0) is 14.1. The van der Waals surface area contributed by atoms with Crippen molar-refractivity contribution in [2.45, 2.75) is 32.1 Å². The molecule has 19 heavy (non-hydrogen) atoms.